The van der Waals surface area contributed by atoms with Gasteiger partial charge in [-0.25, -0.2) is 9.78 Å². The maximum atomic E-state index is 13.6. The summed E-state index contributed by atoms with van der Waals surface area (Å²) in [5.74, 6) is -1.40. The molecule has 9 heteroatoms. The molecule has 8 nitrogen and oxygen atoms in total. The van der Waals surface area contributed by atoms with Crippen molar-refractivity contribution in [3.63, 3.8) is 0 Å². The molecule has 198 valence electrons. The molecular formula is C30H26ClN3O5. The van der Waals surface area contributed by atoms with Gasteiger partial charge in [0.05, 0.1) is 27.1 Å². The topological polar surface area (TPSA) is 122 Å². The van der Waals surface area contributed by atoms with E-state index in [1.165, 1.54) is 6.07 Å². The van der Waals surface area contributed by atoms with Gasteiger partial charge in [0.2, 0.25) is 5.91 Å². The smallest absolute Gasteiger partial charge is 0.326 e. The third-order valence-electron chi connectivity index (χ3n) is 7.46. The van der Waals surface area contributed by atoms with Crippen LogP contribution < -0.4 is 5.32 Å². The van der Waals surface area contributed by atoms with Gasteiger partial charge < -0.3 is 10.4 Å². The average Bonchev–Trinajstić information content (AvgIpc) is 3.44. The number of pyridine rings is 1. The maximum absolute atomic E-state index is 13.6. The Morgan fingerprint density at radius 2 is 1.74 bits per heavy atom. The van der Waals surface area contributed by atoms with Crippen molar-refractivity contribution < 1.29 is 19.6 Å². The molecule has 0 radical (unpaired) electrons. The summed E-state index contributed by atoms with van der Waals surface area (Å²) in [4.78, 5) is 41.3. The number of nitrogens with zero attached hydrogens (tertiary/aromatic N) is 2. The van der Waals surface area contributed by atoms with Crippen LogP contribution >= 0.6 is 11.6 Å². The molecule has 0 spiro atoms. The maximum Gasteiger partial charge on any atom is 0.326 e. The number of fused-ring (bicyclic) bond motifs is 1. The molecule has 1 heterocycles. The van der Waals surface area contributed by atoms with E-state index in [2.05, 4.69) is 10.3 Å². The van der Waals surface area contributed by atoms with Gasteiger partial charge >= 0.3 is 5.97 Å². The molecule has 1 aliphatic carbocycles. The van der Waals surface area contributed by atoms with E-state index in [0.717, 1.165) is 29.4 Å². The molecule has 1 atom stereocenters. The lowest BCUT2D eigenvalue weighted by Crippen LogP contribution is -2.50. The van der Waals surface area contributed by atoms with Gasteiger partial charge in [0.25, 0.3) is 5.69 Å². The highest BCUT2D eigenvalue weighted by Crippen LogP contribution is 2.42. The second kappa shape index (κ2) is 10.8. The second-order valence-corrected chi connectivity index (χ2v) is 10.3. The monoisotopic (exact) mass is 543 g/mol. The molecule has 5 rings (SSSR count). The number of hydrogen-bond donors (Lipinski definition) is 2. The van der Waals surface area contributed by atoms with Crippen LogP contribution in [0.5, 0.6) is 0 Å². The molecule has 2 N–H and O–H groups in total. The average molecular weight is 544 g/mol. The number of rotatable bonds is 8. The van der Waals surface area contributed by atoms with Gasteiger partial charge in [-0.05, 0) is 60.4 Å². The summed E-state index contributed by atoms with van der Waals surface area (Å²) in [6.07, 6.45) is 3.17. The van der Waals surface area contributed by atoms with E-state index in [-0.39, 0.29) is 18.0 Å². The molecule has 1 saturated carbocycles. The van der Waals surface area contributed by atoms with E-state index >= 15 is 0 Å². The Morgan fingerprint density at radius 3 is 2.44 bits per heavy atom. The van der Waals surface area contributed by atoms with E-state index in [1.807, 2.05) is 18.2 Å². The number of carboxylic acids is 1. The van der Waals surface area contributed by atoms with Crippen molar-refractivity contribution in [1.29, 1.82) is 0 Å². The SMILES string of the molecule is O=C(O)C(Cc1ccc2nc(-c3ccccc3[N+](=O)[O-])ccc2c1)NC(=O)C1(c2ccc(Cl)cc2)CCCC1. The fourth-order valence-electron chi connectivity index (χ4n) is 5.43. The zero-order valence-electron chi connectivity index (χ0n) is 21.0. The summed E-state index contributed by atoms with van der Waals surface area (Å²) in [5, 5.41) is 25.5. The van der Waals surface area contributed by atoms with Gasteiger partial charge in [0.1, 0.15) is 6.04 Å². The van der Waals surface area contributed by atoms with E-state index in [0.29, 0.717) is 34.6 Å². The van der Waals surface area contributed by atoms with Crippen LogP contribution in [0, 0.1) is 10.1 Å². The number of aromatic nitrogens is 1. The van der Waals surface area contributed by atoms with Crippen molar-refractivity contribution in [3.8, 4) is 11.3 Å². The molecule has 39 heavy (non-hydrogen) atoms. The van der Waals surface area contributed by atoms with E-state index in [9.17, 15) is 24.8 Å². The number of nitrogens with one attached hydrogen (secondary N) is 1. The summed E-state index contributed by atoms with van der Waals surface area (Å²) in [6, 6.07) is 21.4. The Hall–Kier alpha value is -4.30. The summed E-state index contributed by atoms with van der Waals surface area (Å²) >= 11 is 6.05. The minimum absolute atomic E-state index is 0.0281. The predicted octanol–water partition coefficient (Wildman–Crippen LogP) is 6.09. The first kappa shape index (κ1) is 26.3. The Kier molecular flexibility index (Phi) is 7.30. The van der Waals surface area contributed by atoms with Crippen molar-refractivity contribution in [2.45, 2.75) is 43.6 Å². The van der Waals surface area contributed by atoms with Crippen LogP contribution in [0.15, 0.2) is 78.9 Å². The van der Waals surface area contributed by atoms with Crippen molar-refractivity contribution in [3.05, 3.63) is 105 Å². The molecule has 0 bridgehead atoms. The van der Waals surface area contributed by atoms with Gasteiger partial charge in [-0.15, -0.1) is 0 Å². The quantitative estimate of drug-likeness (QED) is 0.205. The summed E-state index contributed by atoms with van der Waals surface area (Å²) < 4.78 is 0. The predicted molar refractivity (Wildman–Crippen MR) is 149 cm³/mol. The van der Waals surface area contributed by atoms with Crippen LogP contribution in [0.1, 0.15) is 36.8 Å². The highest BCUT2D eigenvalue weighted by molar-refractivity contribution is 6.30. The van der Waals surface area contributed by atoms with Crippen LogP contribution in [0.4, 0.5) is 5.69 Å². The number of amides is 1. The molecule has 4 aromatic rings. The van der Waals surface area contributed by atoms with Gasteiger partial charge in [-0.2, -0.15) is 0 Å². The zero-order chi connectivity index (χ0) is 27.6. The molecule has 0 saturated heterocycles. The molecular weight excluding hydrogens is 518 g/mol. The molecule has 3 aromatic carbocycles. The minimum Gasteiger partial charge on any atom is -0.480 e. The van der Waals surface area contributed by atoms with Gasteiger partial charge in [-0.3, -0.25) is 14.9 Å². The number of nitro benzene ring substituents is 1. The number of carboxylic acid groups (broad SMARTS) is 1. The fourth-order valence-corrected chi connectivity index (χ4v) is 5.55. The first-order valence-electron chi connectivity index (χ1n) is 12.7. The number of carbonyl (C=O) groups excluding carboxylic acids is 1. The summed E-state index contributed by atoms with van der Waals surface area (Å²) in [5.41, 5.74) is 2.28. The van der Waals surface area contributed by atoms with Crippen molar-refractivity contribution in [1.82, 2.24) is 10.3 Å². The number of halogens is 1. The molecule has 1 unspecified atom stereocenters. The number of benzene rings is 3. The van der Waals surface area contributed by atoms with E-state index in [4.69, 9.17) is 11.6 Å². The van der Waals surface area contributed by atoms with Crippen LogP contribution in [0.3, 0.4) is 0 Å². The standard InChI is InChI=1S/C30H26ClN3O5/c31-22-11-9-21(10-12-22)30(15-3-4-16-30)29(37)33-26(28(35)36)18-19-7-13-24-20(17-19)8-14-25(32-24)23-5-1-2-6-27(23)34(38)39/h1-2,5-14,17,26H,3-4,15-16,18H2,(H,33,37)(H,35,36). The lowest BCUT2D eigenvalue weighted by Gasteiger charge is -2.30. The Labute approximate surface area is 229 Å². The fraction of sp³-hybridized carbons (Fsp3) is 0.233. The molecule has 0 aliphatic heterocycles. The molecule has 1 aliphatic rings. The van der Waals surface area contributed by atoms with Crippen LogP contribution in [-0.4, -0.2) is 32.9 Å². The summed E-state index contributed by atoms with van der Waals surface area (Å²) in [6.45, 7) is 0. The van der Waals surface area contributed by atoms with Crippen LogP contribution in [-0.2, 0) is 21.4 Å². The van der Waals surface area contributed by atoms with E-state index in [1.54, 1.807) is 54.6 Å². The second-order valence-electron chi connectivity index (χ2n) is 9.86. The number of aliphatic carboxylic acids is 1. The van der Waals surface area contributed by atoms with Crippen molar-refractivity contribution in [2.75, 3.05) is 0 Å². The third-order valence-corrected chi connectivity index (χ3v) is 7.71. The Bertz CT molecular complexity index is 1560. The van der Waals surface area contributed by atoms with Crippen molar-refractivity contribution in [2.24, 2.45) is 0 Å². The number of para-hydroxylation sites is 1. The number of carbonyl (C=O) groups is 2. The molecule has 1 aromatic heterocycles. The van der Waals surface area contributed by atoms with Crippen molar-refractivity contribution >= 4 is 40.1 Å². The van der Waals surface area contributed by atoms with Gasteiger partial charge in [0, 0.05) is 22.9 Å². The lowest BCUT2D eigenvalue weighted by molar-refractivity contribution is -0.384. The number of nitro groups is 1. The Morgan fingerprint density at radius 1 is 1.03 bits per heavy atom. The number of hydrogen-bond acceptors (Lipinski definition) is 5. The van der Waals surface area contributed by atoms with Gasteiger partial charge in [-0.1, -0.05) is 60.8 Å². The zero-order valence-corrected chi connectivity index (χ0v) is 21.7. The lowest BCUT2D eigenvalue weighted by atomic mass is 9.77. The van der Waals surface area contributed by atoms with E-state index < -0.39 is 22.3 Å². The largest absolute Gasteiger partial charge is 0.480 e. The van der Waals surface area contributed by atoms with Crippen LogP contribution in [0.2, 0.25) is 5.02 Å². The van der Waals surface area contributed by atoms with Crippen LogP contribution in [0.25, 0.3) is 22.2 Å². The third kappa shape index (κ3) is 5.33. The Balaban J connectivity index is 1.38. The molecule has 1 amide bonds. The summed E-state index contributed by atoms with van der Waals surface area (Å²) in [7, 11) is 0. The minimum atomic E-state index is -1.11. The first-order valence-corrected chi connectivity index (χ1v) is 13.1. The molecule has 1 fully saturated rings. The highest BCUT2D eigenvalue weighted by Gasteiger charge is 2.43. The normalized spacial score (nSPS) is 15.1. The van der Waals surface area contributed by atoms with Gasteiger partial charge in [0.15, 0.2) is 0 Å². The highest BCUT2D eigenvalue weighted by atomic mass is 35.5. The first-order chi connectivity index (χ1) is 18.8.